The maximum atomic E-state index is 5.38. The van der Waals surface area contributed by atoms with Crippen molar-refractivity contribution in [3.05, 3.63) is 41.7 Å². The van der Waals surface area contributed by atoms with Gasteiger partial charge < -0.3 is 15.0 Å². The molecular weight excluding hydrogens is 264 g/mol. The first-order chi connectivity index (χ1) is 10.2. The molecule has 21 heavy (non-hydrogen) atoms. The fourth-order valence-corrected chi connectivity index (χ4v) is 2.41. The molecule has 0 atom stereocenters. The van der Waals surface area contributed by atoms with Crippen LogP contribution in [0.25, 0.3) is 0 Å². The third-order valence-corrected chi connectivity index (χ3v) is 3.86. The largest absolute Gasteiger partial charge is 0.378 e. The minimum Gasteiger partial charge on any atom is -0.378 e. The molecule has 3 rings (SSSR count). The molecule has 0 unspecified atom stereocenters. The van der Waals surface area contributed by atoms with Gasteiger partial charge in [0, 0.05) is 24.8 Å². The third kappa shape index (κ3) is 3.13. The van der Waals surface area contributed by atoms with E-state index in [2.05, 4.69) is 52.2 Å². The fourth-order valence-electron chi connectivity index (χ4n) is 2.41. The summed E-state index contributed by atoms with van der Waals surface area (Å²) in [4.78, 5) is 10.9. The van der Waals surface area contributed by atoms with Crippen molar-refractivity contribution in [3.63, 3.8) is 0 Å². The van der Waals surface area contributed by atoms with Crippen molar-refractivity contribution in [2.24, 2.45) is 0 Å². The van der Waals surface area contributed by atoms with Crippen LogP contribution in [0, 0.1) is 13.8 Å². The van der Waals surface area contributed by atoms with Crippen molar-refractivity contribution < 1.29 is 4.74 Å². The van der Waals surface area contributed by atoms with Crippen LogP contribution in [0.5, 0.6) is 0 Å². The van der Waals surface area contributed by atoms with Gasteiger partial charge in [0.25, 0.3) is 0 Å². The predicted octanol–water partition coefficient (Wildman–Crippen LogP) is 2.67. The lowest BCUT2D eigenvalue weighted by molar-refractivity contribution is 0.122. The van der Waals surface area contributed by atoms with E-state index in [1.807, 2.05) is 6.07 Å². The number of ether oxygens (including phenoxy) is 1. The molecular formula is C16H20N4O. The Balaban J connectivity index is 1.81. The molecule has 1 aromatic heterocycles. The SMILES string of the molecule is Cc1cccc(Nc2cc(N3CCOCC3)ncn2)c1C. The molecule has 0 bridgehead atoms. The lowest BCUT2D eigenvalue weighted by Gasteiger charge is -2.27. The number of aromatic nitrogens is 2. The Morgan fingerprint density at radius 2 is 1.95 bits per heavy atom. The van der Waals surface area contributed by atoms with Crippen LogP contribution in [-0.4, -0.2) is 36.3 Å². The van der Waals surface area contributed by atoms with Crippen molar-refractivity contribution in [1.29, 1.82) is 0 Å². The smallest absolute Gasteiger partial charge is 0.135 e. The van der Waals surface area contributed by atoms with Gasteiger partial charge in [0.2, 0.25) is 0 Å². The number of hydrogen-bond acceptors (Lipinski definition) is 5. The standard InChI is InChI=1S/C16H20N4O/c1-12-4-3-5-14(13(12)2)19-15-10-16(18-11-17-15)20-6-8-21-9-7-20/h3-5,10-11H,6-9H2,1-2H3,(H,17,18,19). The Labute approximate surface area is 125 Å². The molecule has 2 aromatic rings. The molecule has 1 fully saturated rings. The number of aryl methyl sites for hydroxylation is 1. The average Bonchev–Trinajstić information content (AvgIpc) is 2.53. The molecule has 0 radical (unpaired) electrons. The van der Waals surface area contributed by atoms with E-state index in [0.29, 0.717) is 0 Å². The van der Waals surface area contributed by atoms with Gasteiger partial charge in [0.1, 0.15) is 18.0 Å². The highest BCUT2D eigenvalue weighted by atomic mass is 16.5. The van der Waals surface area contributed by atoms with Crippen LogP contribution in [-0.2, 0) is 4.74 Å². The van der Waals surface area contributed by atoms with Crippen LogP contribution in [0.3, 0.4) is 0 Å². The summed E-state index contributed by atoms with van der Waals surface area (Å²) in [5, 5.41) is 3.38. The van der Waals surface area contributed by atoms with Gasteiger partial charge in [0.15, 0.2) is 0 Å². The summed E-state index contributed by atoms with van der Waals surface area (Å²) in [7, 11) is 0. The first kappa shape index (κ1) is 13.8. The van der Waals surface area contributed by atoms with Gasteiger partial charge in [-0.2, -0.15) is 0 Å². The van der Waals surface area contributed by atoms with Gasteiger partial charge in [-0.15, -0.1) is 0 Å². The summed E-state index contributed by atoms with van der Waals surface area (Å²) in [6.07, 6.45) is 1.61. The van der Waals surface area contributed by atoms with E-state index in [1.165, 1.54) is 11.1 Å². The molecule has 0 aliphatic carbocycles. The second kappa shape index (κ2) is 6.10. The Bertz CT molecular complexity index is 623. The molecule has 5 heteroatoms. The molecule has 0 amide bonds. The second-order valence-corrected chi connectivity index (χ2v) is 5.23. The maximum absolute atomic E-state index is 5.38. The van der Waals surface area contributed by atoms with E-state index in [9.17, 15) is 0 Å². The van der Waals surface area contributed by atoms with Crippen LogP contribution >= 0.6 is 0 Å². The van der Waals surface area contributed by atoms with Crippen LogP contribution < -0.4 is 10.2 Å². The molecule has 0 spiro atoms. The minimum atomic E-state index is 0.754. The summed E-state index contributed by atoms with van der Waals surface area (Å²) < 4.78 is 5.38. The monoisotopic (exact) mass is 284 g/mol. The van der Waals surface area contributed by atoms with Gasteiger partial charge >= 0.3 is 0 Å². The van der Waals surface area contributed by atoms with Crippen molar-refractivity contribution >= 4 is 17.3 Å². The van der Waals surface area contributed by atoms with Gasteiger partial charge in [-0.3, -0.25) is 0 Å². The van der Waals surface area contributed by atoms with Crippen molar-refractivity contribution in [2.75, 3.05) is 36.5 Å². The highest BCUT2D eigenvalue weighted by Gasteiger charge is 2.13. The predicted molar refractivity (Wildman–Crippen MR) is 84.3 cm³/mol. The topological polar surface area (TPSA) is 50.3 Å². The normalized spacial score (nSPS) is 15.0. The van der Waals surface area contributed by atoms with E-state index < -0.39 is 0 Å². The highest BCUT2D eigenvalue weighted by molar-refractivity contribution is 5.63. The molecule has 1 N–H and O–H groups in total. The van der Waals surface area contributed by atoms with E-state index in [-0.39, 0.29) is 0 Å². The Morgan fingerprint density at radius 1 is 1.14 bits per heavy atom. The highest BCUT2D eigenvalue weighted by Crippen LogP contribution is 2.23. The Hall–Kier alpha value is -2.14. The third-order valence-electron chi connectivity index (χ3n) is 3.86. The van der Waals surface area contributed by atoms with E-state index in [4.69, 9.17) is 4.74 Å². The number of nitrogens with zero attached hydrogens (tertiary/aromatic N) is 3. The van der Waals surface area contributed by atoms with Crippen LogP contribution in [0.15, 0.2) is 30.6 Å². The zero-order chi connectivity index (χ0) is 14.7. The van der Waals surface area contributed by atoms with Gasteiger partial charge in [-0.1, -0.05) is 12.1 Å². The van der Waals surface area contributed by atoms with Crippen molar-refractivity contribution in [3.8, 4) is 0 Å². The number of benzene rings is 1. The molecule has 1 aliphatic rings. The summed E-state index contributed by atoms with van der Waals surface area (Å²) in [5.74, 6) is 1.77. The first-order valence-electron chi connectivity index (χ1n) is 7.22. The first-order valence-corrected chi connectivity index (χ1v) is 7.22. The summed E-state index contributed by atoms with van der Waals surface area (Å²) in [6, 6.07) is 8.22. The lowest BCUT2D eigenvalue weighted by Crippen LogP contribution is -2.36. The Kier molecular flexibility index (Phi) is 4.01. The number of anilines is 3. The number of morpholine rings is 1. The summed E-state index contributed by atoms with van der Waals surface area (Å²) in [5.41, 5.74) is 3.59. The number of hydrogen-bond donors (Lipinski definition) is 1. The lowest BCUT2D eigenvalue weighted by atomic mass is 10.1. The van der Waals surface area contributed by atoms with Crippen molar-refractivity contribution in [2.45, 2.75) is 13.8 Å². The zero-order valence-electron chi connectivity index (χ0n) is 12.5. The van der Waals surface area contributed by atoms with Gasteiger partial charge in [0.05, 0.1) is 13.2 Å². The van der Waals surface area contributed by atoms with Crippen molar-refractivity contribution in [1.82, 2.24) is 9.97 Å². The number of nitrogens with one attached hydrogen (secondary N) is 1. The second-order valence-electron chi connectivity index (χ2n) is 5.23. The van der Waals surface area contributed by atoms with Crippen LogP contribution in [0.2, 0.25) is 0 Å². The van der Waals surface area contributed by atoms with E-state index >= 15 is 0 Å². The molecule has 0 saturated carbocycles. The maximum Gasteiger partial charge on any atom is 0.135 e. The molecule has 1 aromatic carbocycles. The molecule has 1 saturated heterocycles. The van der Waals surface area contributed by atoms with Crippen LogP contribution in [0.1, 0.15) is 11.1 Å². The average molecular weight is 284 g/mol. The Morgan fingerprint density at radius 3 is 2.76 bits per heavy atom. The molecule has 1 aliphatic heterocycles. The van der Waals surface area contributed by atoms with Gasteiger partial charge in [-0.05, 0) is 31.0 Å². The van der Waals surface area contributed by atoms with Gasteiger partial charge in [-0.25, -0.2) is 9.97 Å². The summed E-state index contributed by atoms with van der Waals surface area (Å²) in [6.45, 7) is 7.48. The quantitative estimate of drug-likeness (QED) is 0.939. The van der Waals surface area contributed by atoms with E-state index in [1.54, 1.807) is 6.33 Å². The number of rotatable bonds is 3. The molecule has 2 heterocycles. The van der Waals surface area contributed by atoms with E-state index in [0.717, 1.165) is 43.6 Å². The molecule has 5 nitrogen and oxygen atoms in total. The zero-order valence-corrected chi connectivity index (χ0v) is 12.5. The summed E-state index contributed by atoms with van der Waals surface area (Å²) >= 11 is 0. The minimum absolute atomic E-state index is 0.754. The fraction of sp³-hybridized carbons (Fsp3) is 0.375. The molecule has 110 valence electrons. The van der Waals surface area contributed by atoms with Crippen LogP contribution in [0.4, 0.5) is 17.3 Å².